The zero-order chi connectivity index (χ0) is 13.5. The second-order valence-electron chi connectivity index (χ2n) is 4.65. The van der Waals surface area contributed by atoms with Crippen LogP contribution in [-0.4, -0.2) is 6.54 Å². The zero-order valence-electron chi connectivity index (χ0n) is 9.72. The number of rotatable bonds is 4. The van der Waals surface area contributed by atoms with Crippen molar-refractivity contribution in [3.05, 3.63) is 29.1 Å². The van der Waals surface area contributed by atoms with Gasteiger partial charge in [-0.05, 0) is 24.7 Å². The molecule has 1 fully saturated rings. The summed E-state index contributed by atoms with van der Waals surface area (Å²) in [5.41, 5.74) is -1.01. The molecule has 0 atom stereocenters. The van der Waals surface area contributed by atoms with Crippen LogP contribution in [0.3, 0.4) is 0 Å². The summed E-state index contributed by atoms with van der Waals surface area (Å²) in [5, 5.41) is 2.35. The van der Waals surface area contributed by atoms with Crippen LogP contribution in [-0.2, 0) is 0 Å². The molecule has 18 heavy (non-hydrogen) atoms. The van der Waals surface area contributed by atoms with Crippen LogP contribution in [0, 0.1) is 34.5 Å². The molecule has 0 aliphatic heterocycles. The molecule has 100 valence electrons. The van der Waals surface area contributed by atoms with Crippen molar-refractivity contribution >= 4 is 5.69 Å². The van der Waals surface area contributed by atoms with Crippen LogP contribution in [0.2, 0.25) is 0 Å². The first-order chi connectivity index (χ1) is 8.42. The minimum atomic E-state index is -2.13. The molecule has 1 aromatic rings. The average Bonchev–Trinajstić information content (AvgIpc) is 3.14. The SMILES string of the molecule is CCC1(CNc2c(F)c(F)c(F)c(F)c2F)CC1. The lowest BCUT2D eigenvalue weighted by molar-refractivity contribution is 0.380. The Morgan fingerprint density at radius 2 is 1.33 bits per heavy atom. The Hall–Kier alpha value is -1.33. The van der Waals surface area contributed by atoms with E-state index in [1.165, 1.54) is 0 Å². The van der Waals surface area contributed by atoms with Gasteiger partial charge in [-0.1, -0.05) is 6.92 Å². The molecular formula is C12H12F5N. The fourth-order valence-electron chi connectivity index (χ4n) is 1.87. The van der Waals surface area contributed by atoms with Crippen LogP contribution < -0.4 is 5.32 Å². The summed E-state index contributed by atoms with van der Waals surface area (Å²) in [4.78, 5) is 0. The van der Waals surface area contributed by atoms with Crippen LogP contribution in [0.5, 0.6) is 0 Å². The Balaban J connectivity index is 2.28. The smallest absolute Gasteiger partial charge is 0.200 e. The van der Waals surface area contributed by atoms with Crippen LogP contribution in [0.15, 0.2) is 0 Å². The third kappa shape index (κ3) is 2.04. The summed E-state index contributed by atoms with van der Waals surface area (Å²) in [6, 6.07) is 0. The van der Waals surface area contributed by atoms with E-state index < -0.39 is 34.8 Å². The molecule has 1 N–H and O–H groups in total. The fourth-order valence-corrected chi connectivity index (χ4v) is 1.87. The van der Waals surface area contributed by atoms with Gasteiger partial charge in [0.1, 0.15) is 5.69 Å². The van der Waals surface area contributed by atoms with Gasteiger partial charge in [-0.3, -0.25) is 0 Å². The highest BCUT2D eigenvalue weighted by molar-refractivity contribution is 5.48. The van der Waals surface area contributed by atoms with Crippen molar-refractivity contribution in [2.45, 2.75) is 26.2 Å². The molecule has 0 aromatic heterocycles. The molecule has 1 aliphatic rings. The molecule has 0 spiro atoms. The predicted octanol–water partition coefficient (Wildman–Crippen LogP) is 3.98. The van der Waals surface area contributed by atoms with Crippen molar-refractivity contribution in [1.82, 2.24) is 0 Å². The first-order valence-corrected chi connectivity index (χ1v) is 5.67. The van der Waals surface area contributed by atoms with E-state index in [1.807, 2.05) is 6.92 Å². The summed E-state index contributed by atoms with van der Waals surface area (Å²) in [7, 11) is 0. The summed E-state index contributed by atoms with van der Waals surface area (Å²) in [6.45, 7) is 2.13. The molecule has 0 unspecified atom stereocenters. The summed E-state index contributed by atoms with van der Waals surface area (Å²) < 4.78 is 65.3. The van der Waals surface area contributed by atoms with Crippen molar-refractivity contribution in [1.29, 1.82) is 0 Å². The van der Waals surface area contributed by atoms with Crippen LogP contribution in [0.25, 0.3) is 0 Å². The maximum absolute atomic E-state index is 13.3. The van der Waals surface area contributed by atoms with Gasteiger partial charge in [0.05, 0.1) is 0 Å². The summed E-state index contributed by atoms with van der Waals surface area (Å²) in [6.07, 6.45) is 2.59. The van der Waals surface area contributed by atoms with Crippen LogP contribution in [0.4, 0.5) is 27.6 Å². The van der Waals surface area contributed by atoms with E-state index >= 15 is 0 Å². The van der Waals surface area contributed by atoms with Gasteiger partial charge in [-0.15, -0.1) is 0 Å². The molecule has 1 aliphatic carbocycles. The molecule has 0 saturated heterocycles. The first-order valence-electron chi connectivity index (χ1n) is 5.67. The third-order valence-corrected chi connectivity index (χ3v) is 3.56. The highest BCUT2D eigenvalue weighted by Crippen LogP contribution is 2.48. The normalized spacial score (nSPS) is 16.8. The van der Waals surface area contributed by atoms with Crippen LogP contribution in [0.1, 0.15) is 26.2 Å². The monoisotopic (exact) mass is 265 g/mol. The predicted molar refractivity (Wildman–Crippen MR) is 56.7 cm³/mol. The van der Waals surface area contributed by atoms with Gasteiger partial charge in [0, 0.05) is 6.54 Å². The molecule has 1 nitrogen and oxygen atoms in total. The van der Waals surface area contributed by atoms with Crippen molar-refractivity contribution in [2.24, 2.45) is 5.41 Å². The van der Waals surface area contributed by atoms with Gasteiger partial charge in [0.2, 0.25) is 5.82 Å². The highest BCUT2D eigenvalue weighted by Gasteiger charge is 2.41. The number of nitrogens with one attached hydrogen (secondary N) is 1. The van der Waals surface area contributed by atoms with E-state index in [9.17, 15) is 22.0 Å². The highest BCUT2D eigenvalue weighted by atomic mass is 19.2. The molecule has 0 amide bonds. The third-order valence-electron chi connectivity index (χ3n) is 3.56. The van der Waals surface area contributed by atoms with E-state index in [2.05, 4.69) is 5.32 Å². The maximum atomic E-state index is 13.3. The van der Waals surface area contributed by atoms with E-state index in [-0.39, 0.29) is 12.0 Å². The summed E-state index contributed by atoms with van der Waals surface area (Å²) in [5.74, 6) is -9.58. The Labute approximate surface area is 101 Å². The Morgan fingerprint density at radius 1 is 0.889 bits per heavy atom. The van der Waals surface area contributed by atoms with Gasteiger partial charge < -0.3 is 5.32 Å². The molecule has 0 heterocycles. The van der Waals surface area contributed by atoms with Crippen molar-refractivity contribution in [2.75, 3.05) is 11.9 Å². The van der Waals surface area contributed by atoms with Gasteiger partial charge in [0.25, 0.3) is 0 Å². The van der Waals surface area contributed by atoms with E-state index in [0.29, 0.717) is 0 Å². The number of anilines is 1. The number of hydrogen-bond acceptors (Lipinski definition) is 1. The molecule has 0 bridgehead atoms. The van der Waals surface area contributed by atoms with Crippen LogP contribution >= 0.6 is 0 Å². The Bertz CT molecular complexity index is 453. The van der Waals surface area contributed by atoms with E-state index in [1.54, 1.807) is 0 Å². The molecule has 0 radical (unpaired) electrons. The van der Waals surface area contributed by atoms with E-state index in [4.69, 9.17) is 0 Å². The van der Waals surface area contributed by atoms with Crippen molar-refractivity contribution in [3.63, 3.8) is 0 Å². The van der Waals surface area contributed by atoms with Crippen molar-refractivity contribution in [3.8, 4) is 0 Å². The van der Waals surface area contributed by atoms with Gasteiger partial charge in [0.15, 0.2) is 23.3 Å². The molecule has 1 aromatic carbocycles. The molecular weight excluding hydrogens is 253 g/mol. The van der Waals surface area contributed by atoms with Gasteiger partial charge >= 0.3 is 0 Å². The van der Waals surface area contributed by atoms with Crippen molar-refractivity contribution < 1.29 is 22.0 Å². The fraction of sp³-hybridized carbons (Fsp3) is 0.500. The lowest BCUT2D eigenvalue weighted by atomic mass is 10.0. The molecule has 6 heteroatoms. The second-order valence-corrected chi connectivity index (χ2v) is 4.65. The maximum Gasteiger partial charge on any atom is 0.200 e. The van der Waals surface area contributed by atoms with Gasteiger partial charge in [-0.25, -0.2) is 22.0 Å². The quantitative estimate of drug-likeness (QED) is 0.493. The first kappa shape index (κ1) is 13.1. The standard InChI is InChI=1S/C12H12F5N/c1-2-12(3-4-12)5-18-11-9(16)7(14)6(13)8(15)10(11)17/h18H,2-5H2,1H3. The zero-order valence-corrected chi connectivity index (χ0v) is 9.72. The molecule has 2 rings (SSSR count). The number of hydrogen-bond donors (Lipinski definition) is 1. The minimum Gasteiger partial charge on any atom is -0.380 e. The largest absolute Gasteiger partial charge is 0.380 e. The topological polar surface area (TPSA) is 12.0 Å². The molecule has 1 saturated carbocycles. The summed E-state index contributed by atoms with van der Waals surface area (Å²) >= 11 is 0. The lowest BCUT2D eigenvalue weighted by Crippen LogP contribution is -2.18. The number of benzene rings is 1. The number of halogens is 5. The average molecular weight is 265 g/mol. The minimum absolute atomic E-state index is 0.0692. The second kappa shape index (κ2) is 4.40. The van der Waals surface area contributed by atoms with Gasteiger partial charge in [-0.2, -0.15) is 0 Å². The Morgan fingerprint density at radius 3 is 1.72 bits per heavy atom. The Kier molecular flexibility index (Phi) is 3.21. The van der Waals surface area contributed by atoms with E-state index in [0.717, 1.165) is 19.3 Å². The lowest BCUT2D eigenvalue weighted by Gasteiger charge is -2.16.